The van der Waals surface area contributed by atoms with Crippen LogP contribution in [0.25, 0.3) is 0 Å². The zero-order valence-corrected chi connectivity index (χ0v) is 9.87. The van der Waals surface area contributed by atoms with Crippen LogP contribution in [0.4, 0.5) is 0 Å². The lowest BCUT2D eigenvalue weighted by Gasteiger charge is -2.51. The Balaban J connectivity index is 3.03. The van der Waals surface area contributed by atoms with Gasteiger partial charge in [0, 0.05) is 36.2 Å². The van der Waals surface area contributed by atoms with Crippen molar-refractivity contribution < 1.29 is 4.79 Å². The molecule has 0 aromatic carbocycles. The zero-order chi connectivity index (χ0) is 11.7. The highest BCUT2D eigenvalue weighted by Gasteiger charge is 2.42. The van der Waals surface area contributed by atoms with Gasteiger partial charge in [0.15, 0.2) is 0 Å². The Morgan fingerprint density at radius 1 is 1.27 bits per heavy atom. The summed E-state index contributed by atoms with van der Waals surface area (Å²) in [4.78, 5) is 13.7. The van der Waals surface area contributed by atoms with Crippen LogP contribution in [0.3, 0.4) is 0 Å². The number of hydrogen-bond acceptors (Lipinski definition) is 3. The lowest BCUT2D eigenvalue weighted by molar-refractivity contribution is -0.130. The van der Waals surface area contributed by atoms with E-state index in [4.69, 9.17) is 5.26 Å². The monoisotopic (exact) mass is 206 g/mol. The summed E-state index contributed by atoms with van der Waals surface area (Å²) in [5, 5.41) is 8.56. The van der Waals surface area contributed by atoms with Crippen LogP contribution in [0.15, 0.2) is 12.3 Å². The van der Waals surface area contributed by atoms with Gasteiger partial charge in [-0.25, -0.2) is 0 Å². The van der Waals surface area contributed by atoms with E-state index in [1.54, 1.807) is 6.20 Å². The van der Waals surface area contributed by atoms with Crippen molar-refractivity contribution in [2.24, 2.45) is 0 Å². The lowest BCUT2D eigenvalue weighted by Crippen LogP contribution is -2.58. The maximum absolute atomic E-state index is 11.6. The van der Waals surface area contributed by atoms with Crippen molar-refractivity contribution in [3.05, 3.63) is 12.3 Å². The van der Waals surface area contributed by atoms with Crippen molar-refractivity contribution in [2.45, 2.75) is 51.6 Å². The predicted molar refractivity (Wildman–Crippen MR) is 59.0 cm³/mol. The van der Waals surface area contributed by atoms with Gasteiger partial charge >= 0.3 is 0 Å². The first-order chi connectivity index (χ1) is 6.79. The molecule has 0 spiro atoms. The van der Waals surface area contributed by atoms with Gasteiger partial charge in [0.1, 0.15) is 5.78 Å². The maximum Gasteiger partial charge on any atom is 0.137 e. The molecule has 0 aromatic heterocycles. The largest absolute Gasteiger partial charge is 0.366 e. The number of carbonyl (C=O) groups excluding carboxylic acids is 1. The highest BCUT2D eigenvalue weighted by atomic mass is 16.1. The molecule has 1 aliphatic rings. The molecule has 1 heterocycles. The standard InChI is InChI=1S/C12H18N2O/c1-11(2)8-10(15)9-12(3,4)14(11)7-5-6-13/h5,7H,8-9H2,1-4H3. The van der Waals surface area contributed by atoms with E-state index in [0.717, 1.165) is 0 Å². The third-order valence-electron chi connectivity index (χ3n) is 2.86. The van der Waals surface area contributed by atoms with Crippen molar-refractivity contribution in [3.8, 4) is 6.07 Å². The summed E-state index contributed by atoms with van der Waals surface area (Å²) in [6, 6.07) is 1.99. The molecule has 1 aliphatic heterocycles. The summed E-state index contributed by atoms with van der Waals surface area (Å²) in [6.45, 7) is 8.14. The molecule has 0 aliphatic carbocycles. The van der Waals surface area contributed by atoms with Gasteiger partial charge < -0.3 is 4.90 Å². The van der Waals surface area contributed by atoms with Crippen molar-refractivity contribution in [1.82, 2.24) is 4.90 Å². The quantitative estimate of drug-likeness (QED) is 0.618. The summed E-state index contributed by atoms with van der Waals surface area (Å²) in [7, 11) is 0. The Kier molecular flexibility index (Phi) is 2.90. The van der Waals surface area contributed by atoms with E-state index in [2.05, 4.69) is 4.90 Å². The van der Waals surface area contributed by atoms with E-state index in [1.165, 1.54) is 6.08 Å². The first-order valence-corrected chi connectivity index (χ1v) is 5.17. The Labute approximate surface area is 91.4 Å². The summed E-state index contributed by atoms with van der Waals surface area (Å²) < 4.78 is 0. The first kappa shape index (κ1) is 11.8. The van der Waals surface area contributed by atoms with Gasteiger partial charge in [0.2, 0.25) is 0 Å². The minimum atomic E-state index is -0.202. The molecule has 0 unspecified atom stereocenters. The third kappa shape index (κ3) is 2.38. The van der Waals surface area contributed by atoms with E-state index in [9.17, 15) is 4.79 Å². The molecule has 0 atom stereocenters. The summed E-state index contributed by atoms with van der Waals surface area (Å²) in [5.41, 5.74) is -0.404. The Morgan fingerprint density at radius 3 is 2.13 bits per heavy atom. The number of likely N-dealkylation sites (tertiary alicyclic amines) is 1. The first-order valence-electron chi connectivity index (χ1n) is 5.17. The van der Waals surface area contributed by atoms with Crippen LogP contribution in [-0.4, -0.2) is 21.8 Å². The van der Waals surface area contributed by atoms with Crippen LogP contribution in [0, 0.1) is 11.3 Å². The maximum atomic E-state index is 11.6. The fraction of sp³-hybridized carbons (Fsp3) is 0.667. The van der Waals surface area contributed by atoms with E-state index in [1.807, 2.05) is 33.8 Å². The second kappa shape index (κ2) is 3.69. The van der Waals surface area contributed by atoms with E-state index >= 15 is 0 Å². The minimum absolute atomic E-state index is 0.202. The number of hydrogen-bond donors (Lipinski definition) is 0. The topological polar surface area (TPSA) is 44.1 Å². The number of ketones is 1. The Hall–Kier alpha value is -1.30. The fourth-order valence-corrected chi connectivity index (χ4v) is 2.53. The van der Waals surface area contributed by atoms with Crippen LogP contribution < -0.4 is 0 Å². The molecule has 0 bridgehead atoms. The smallest absolute Gasteiger partial charge is 0.137 e. The fourth-order valence-electron chi connectivity index (χ4n) is 2.53. The van der Waals surface area contributed by atoms with Crippen molar-refractivity contribution in [3.63, 3.8) is 0 Å². The number of carbonyl (C=O) groups is 1. The molecular weight excluding hydrogens is 188 g/mol. The number of rotatable bonds is 1. The molecule has 0 aromatic rings. The third-order valence-corrected chi connectivity index (χ3v) is 2.86. The van der Waals surface area contributed by atoms with Gasteiger partial charge in [-0.15, -0.1) is 0 Å². The molecular formula is C12H18N2O. The van der Waals surface area contributed by atoms with Crippen molar-refractivity contribution >= 4 is 5.78 Å². The second-order valence-corrected chi connectivity index (χ2v) is 5.33. The number of piperidine rings is 1. The molecule has 3 heteroatoms. The van der Waals surface area contributed by atoms with Gasteiger partial charge in [-0.2, -0.15) is 5.26 Å². The van der Waals surface area contributed by atoms with Crippen LogP contribution in [0.5, 0.6) is 0 Å². The van der Waals surface area contributed by atoms with E-state index in [0.29, 0.717) is 18.6 Å². The lowest BCUT2D eigenvalue weighted by atomic mass is 9.79. The van der Waals surface area contributed by atoms with E-state index in [-0.39, 0.29) is 11.1 Å². The highest BCUT2D eigenvalue weighted by Crippen LogP contribution is 2.36. The summed E-state index contributed by atoms with van der Waals surface area (Å²) in [6.07, 6.45) is 4.37. The number of allylic oxidation sites excluding steroid dienone is 1. The SMILES string of the molecule is CC1(C)CC(=O)CC(C)(C)N1C=CC#N. The average Bonchev–Trinajstić information content (AvgIpc) is 1.98. The number of nitrogens with zero attached hydrogens (tertiary/aromatic N) is 2. The van der Waals surface area contributed by atoms with Crippen molar-refractivity contribution in [2.75, 3.05) is 0 Å². The van der Waals surface area contributed by atoms with E-state index < -0.39 is 0 Å². The number of nitriles is 1. The Bertz CT molecular complexity index is 314. The van der Waals surface area contributed by atoms with Crippen LogP contribution >= 0.6 is 0 Å². The molecule has 0 radical (unpaired) electrons. The molecule has 15 heavy (non-hydrogen) atoms. The van der Waals surface area contributed by atoms with Crippen molar-refractivity contribution in [1.29, 1.82) is 5.26 Å². The average molecular weight is 206 g/mol. The summed E-state index contributed by atoms with van der Waals surface area (Å²) in [5.74, 6) is 0.298. The predicted octanol–water partition coefficient (Wildman–Crippen LogP) is 2.25. The molecule has 0 amide bonds. The van der Waals surface area contributed by atoms with Crippen LogP contribution in [-0.2, 0) is 4.79 Å². The molecule has 1 fully saturated rings. The minimum Gasteiger partial charge on any atom is -0.366 e. The van der Waals surface area contributed by atoms with Gasteiger partial charge in [-0.1, -0.05) is 0 Å². The molecule has 0 N–H and O–H groups in total. The zero-order valence-electron chi connectivity index (χ0n) is 9.87. The van der Waals surface area contributed by atoms with Crippen LogP contribution in [0.2, 0.25) is 0 Å². The summed E-state index contributed by atoms with van der Waals surface area (Å²) >= 11 is 0. The van der Waals surface area contributed by atoms with Gasteiger partial charge in [0.25, 0.3) is 0 Å². The second-order valence-electron chi connectivity index (χ2n) is 5.33. The molecule has 3 nitrogen and oxygen atoms in total. The normalized spacial score (nSPS) is 24.2. The van der Waals surface area contributed by atoms with Gasteiger partial charge in [-0.3, -0.25) is 4.79 Å². The Morgan fingerprint density at radius 2 is 1.73 bits per heavy atom. The molecule has 82 valence electrons. The molecule has 1 rings (SSSR count). The van der Waals surface area contributed by atoms with Gasteiger partial charge in [0.05, 0.1) is 6.07 Å². The highest BCUT2D eigenvalue weighted by molar-refractivity contribution is 5.81. The van der Waals surface area contributed by atoms with Crippen LogP contribution in [0.1, 0.15) is 40.5 Å². The molecule has 0 saturated carbocycles. The van der Waals surface area contributed by atoms with Gasteiger partial charge in [-0.05, 0) is 27.7 Å². The molecule has 1 saturated heterocycles. The number of Topliss-reactive ketones (excluding diaryl/α,β-unsaturated/α-hetero) is 1.